The van der Waals surface area contributed by atoms with Crippen molar-refractivity contribution >= 4 is 11.6 Å². The summed E-state index contributed by atoms with van der Waals surface area (Å²) in [6, 6.07) is 10.3. The van der Waals surface area contributed by atoms with E-state index in [2.05, 4.69) is 39.8 Å². The monoisotopic (exact) mass is 462 g/mol. The highest BCUT2D eigenvalue weighted by Crippen LogP contribution is 2.65. The fourth-order valence-corrected chi connectivity index (χ4v) is 7.95. The number of fused-ring (bicyclic) bond motifs is 5. The molecular formula is C30H38O4. The smallest absolute Gasteiger partial charge is 0.169 e. The molecule has 0 bridgehead atoms. The molecule has 34 heavy (non-hydrogen) atoms. The lowest BCUT2D eigenvalue weighted by molar-refractivity contribution is -0.154. The van der Waals surface area contributed by atoms with E-state index >= 15 is 0 Å². The van der Waals surface area contributed by atoms with Crippen LogP contribution in [-0.4, -0.2) is 24.8 Å². The molecule has 1 aromatic carbocycles. The Bertz CT molecular complexity index is 1050. The van der Waals surface area contributed by atoms with Gasteiger partial charge in [0, 0.05) is 17.4 Å². The molecule has 1 aromatic rings. The Balaban J connectivity index is 1.41. The number of benzene rings is 1. The lowest BCUT2D eigenvalue weighted by Gasteiger charge is -2.61. The molecule has 0 N–H and O–H groups in total. The average Bonchev–Trinajstić information content (AvgIpc) is 2.82. The van der Waals surface area contributed by atoms with Crippen LogP contribution < -0.4 is 0 Å². The molecule has 0 aliphatic heterocycles. The Hall–Kier alpha value is -2.20. The highest BCUT2D eigenvalue weighted by atomic mass is 16.5. The van der Waals surface area contributed by atoms with Gasteiger partial charge in [-0.3, -0.25) is 9.59 Å². The van der Waals surface area contributed by atoms with E-state index in [-0.39, 0.29) is 34.9 Å². The van der Waals surface area contributed by atoms with Crippen LogP contribution in [0.15, 0.2) is 53.8 Å². The van der Waals surface area contributed by atoms with Crippen LogP contribution in [0.4, 0.5) is 0 Å². The van der Waals surface area contributed by atoms with Gasteiger partial charge in [0.1, 0.15) is 5.76 Å². The number of rotatable bonds is 4. The van der Waals surface area contributed by atoms with Gasteiger partial charge in [0.05, 0.1) is 25.2 Å². The third kappa shape index (κ3) is 3.36. The van der Waals surface area contributed by atoms with E-state index in [0.29, 0.717) is 18.3 Å². The highest BCUT2D eigenvalue weighted by molar-refractivity contribution is 6.05. The summed E-state index contributed by atoms with van der Waals surface area (Å²) in [7, 11) is 1.61. The molecule has 2 saturated carbocycles. The maximum Gasteiger partial charge on any atom is 0.169 e. The summed E-state index contributed by atoms with van der Waals surface area (Å²) in [6.45, 7) is 9.21. The third-order valence-electron chi connectivity index (χ3n) is 9.93. The highest BCUT2D eigenvalue weighted by Gasteiger charge is 2.64. The van der Waals surface area contributed by atoms with Crippen LogP contribution in [0.25, 0.3) is 0 Å². The maximum absolute atomic E-state index is 13.8. The minimum absolute atomic E-state index is 0.0458. The first-order chi connectivity index (χ1) is 16.1. The van der Waals surface area contributed by atoms with Gasteiger partial charge in [0.15, 0.2) is 11.6 Å². The van der Waals surface area contributed by atoms with Crippen molar-refractivity contribution in [3.8, 4) is 0 Å². The average molecular weight is 463 g/mol. The number of hydrogen-bond acceptors (Lipinski definition) is 4. The molecule has 0 radical (unpaired) electrons. The van der Waals surface area contributed by atoms with Gasteiger partial charge in [-0.25, -0.2) is 0 Å². The van der Waals surface area contributed by atoms with Crippen LogP contribution in [0.1, 0.15) is 65.4 Å². The number of carbonyl (C=O) groups is 2. The van der Waals surface area contributed by atoms with E-state index in [1.54, 1.807) is 13.2 Å². The van der Waals surface area contributed by atoms with Crippen LogP contribution in [0.5, 0.6) is 0 Å². The van der Waals surface area contributed by atoms with Crippen molar-refractivity contribution < 1.29 is 19.1 Å². The first kappa shape index (κ1) is 23.5. The second-order valence-corrected chi connectivity index (χ2v) is 11.9. The molecule has 2 fully saturated rings. The van der Waals surface area contributed by atoms with Crippen LogP contribution in [0.2, 0.25) is 0 Å². The Morgan fingerprint density at radius 3 is 2.41 bits per heavy atom. The second kappa shape index (κ2) is 8.19. The van der Waals surface area contributed by atoms with E-state index in [9.17, 15) is 9.59 Å². The first-order valence-electron chi connectivity index (χ1n) is 12.8. The lowest BCUT2D eigenvalue weighted by Crippen LogP contribution is -2.60. The van der Waals surface area contributed by atoms with Gasteiger partial charge >= 0.3 is 0 Å². The SMILES string of the molecule is COC1=CC(=O)[C@@]2(C)C(=CC(=O)[C@@H]3[C@@H]2CC[C@@H]2C[C@H](OCc4ccccc4)CC[C@]23C)C1(C)C. The van der Waals surface area contributed by atoms with E-state index in [4.69, 9.17) is 9.47 Å². The minimum atomic E-state index is -0.640. The molecule has 6 atom stereocenters. The number of ether oxygens (including phenoxy) is 2. The van der Waals surface area contributed by atoms with Gasteiger partial charge in [0.25, 0.3) is 0 Å². The van der Waals surface area contributed by atoms with Crippen molar-refractivity contribution in [2.24, 2.45) is 34.0 Å². The maximum atomic E-state index is 13.8. The fraction of sp³-hybridized carbons (Fsp3) is 0.600. The zero-order valence-electron chi connectivity index (χ0n) is 21.2. The van der Waals surface area contributed by atoms with Crippen LogP contribution in [0.3, 0.4) is 0 Å². The van der Waals surface area contributed by atoms with Crippen molar-refractivity contribution in [3.63, 3.8) is 0 Å². The molecule has 0 heterocycles. The summed E-state index contributed by atoms with van der Waals surface area (Å²) in [6.07, 6.45) is 8.67. The first-order valence-corrected chi connectivity index (χ1v) is 12.8. The number of methoxy groups -OCH3 is 1. The van der Waals surface area contributed by atoms with Gasteiger partial charge in [-0.15, -0.1) is 0 Å². The van der Waals surface area contributed by atoms with Gasteiger partial charge in [-0.1, -0.05) is 37.3 Å². The number of ketones is 2. The summed E-state index contributed by atoms with van der Waals surface area (Å²) < 4.78 is 11.9. The molecule has 4 nitrogen and oxygen atoms in total. The summed E-state index contributed by atoms with van der Waals surface area (Å²) >= 11 is 0. The molecule has 4 heteroatoms. The van der Waals surface area contributed by atoms with E-state index in [1.165, 1.54) is 5.56 Å². The molecular weight excluding hydrogens is 424 g/mol. The summed E-state index contributed by atoms with van der Waals surface area (Å²) in [5, 5.41) is 0. The topological polar surface area (TPSA) is 52.6 Å². The molecule has 182 valence electrons. The van der Waals surface area contributed by atoms with Gasteiger partial charge < -0.3 is 9.47 Å². The van der Waals surface area contributed by atoms with Gasteiger partial charge in [-0.05, 0) is 87.3 Å². The zero-order valence-corrected chi connectivity index (χ0v) is 21.2. The molecule has 4 aliphatic rings. The van der Waals surface area contributed by atoms with E-state index in [1.807, 2.05) is 24.3 Å². The lowest BCUT2D eigenvalue weighted by atomic mass is 9.42. The summed E-state index contributed by atoms with van der Waals surface area (Å²) in [5.41, 5.74) is 0.956. The molecule has 4 aliphatic carbocycles. The van der Waals surface area contributed by atoms with Crippen molar-refractivity contribution in [1.29, 1.82) is 0 Å². The fourth-order valence-electron chi connectivity index (χ4n) is 7.95. The number of allylic oxidation sites excluding steroid dienone is 3. The summed E-state index contributed by atoms with van der Waals surface area (Å²) in [5.74, 6) is 1.36. The predicted molar refractivity (Wildman–Crippen MR) is 132 cm³/mol. The molecule has 0 spiro atoms. The molecule has 5 rings (SSSR count). The Morgan fingerprint density at radius 2 is 1.71 bits per heavy atom. The standard InChI is InChI=1S/C30H38O4/c1-28(2)24-16-23(31)27-22(30(24,4)25(32)17-26(28)33-5)12-11-20-15-21(13-14-29(20,27)3)34-18-19-9-7-6-8-10-19/h6-10,16-17,20-22,27H,11-15,18H2,1-5H3/t20-,21-,22+,27+,29-,30-/m1/s1. The van der Waals surface area contributed by atoms with Crippen LogP contribution >= 0.6 is 0 Å². The summed E-state index contributed by atoms with van der Waals surface area (Å²) in [4.78, 5) is 27.4. The van der Waals surface area contributed by atoms with E-state index in [0.717, 1.165) is 37.7 Å². The Labute approximate surface area is 203 Å². The normalized spacial score (nSPS) is 38.7. The van der Waals surface area contributed by atoms with Crippen LogP contribution in [0, 0.1) is 34.0 Å². The quantitative estimate of drug-likeness (QED) is 0.546. The Morgan fingerprint density at radius 1 is 0.971 bits per heavy atom. The molecule has 0 amide bonds. The van der Waals surface area contributed by atoms with Gasteiger partial charge in [-0.2, -0.15) is 0 Å². The predicted octanol–water partition coefficient (Wildman–Crippen LogP) is 6.06. The largest absolute Gasteiger partial charge is 0.500 e. The van der Waals surface area contributed by atoms with Gasteiger partial charge in [0.2, 0.25) is 0 Å². The molecule has 0 unspecified atom stereocenters. The number of hydrogen-bond donors (Lipinski definition) is 0. The third-order valence-corrected chi connectivity index (χ3v) is 9.93. The second-order valence-electron chi connectivity index (χ2n) is 11.9. The number of carbonyl (C=O) groups excluding carboxylic acids is 2. The molecule has 0 aromatic heterocycles. The zero-order chi connectivity index (χ0) is 24.3. The van der Waals surface area contributed by atoms with Crippen molar-refractivity contribution in [2.75, 3.05) is 7.11 Å². The van der Waals surface area contributed by atoms with Crippen molar-refractivity contribution in [3.05, 3.63) is 59.4 Å². The van der Waals surface area contributed by atoms with E-state index < -0.39 is 10.8 Å². The molecule has 0 saturated heterocycles. The Kier molecular flexibility index (Phi) is 5.67. The van der Waals surface area contributed by atoms with Crippen molar-refractivity contribution in [1.82, 2.24) is 0 Å². The van der Waals surface area contributed by atoms with Crippen molar-refractivity contribution in [2.45, 2.75) is 72.5 Å². The minimum Gasteiger partial charge on any atom is -0.500 e. The van der Waals surface area contributed by atoms with Crippen LogP contribution in [-0.2, 0) is 25.7 Å².